The van der Waals surface area contributed by atoms with Crippen molar-refractivity contribution in [2.24, 2.45) is 5.92 Å². The molecule has 0 radical (unpaired) electrons. The van der Waals surface area contributed by atoms with E-state index in [-0.39, 0.29) is 11.3 Å². The Hall–Kier alpha value is -2.18. The molecule has 1 fully saturated rings. The first kappa shape index (κ1) is 13.8. The van der Waals surface area contributed by atoms with Gasteiger partial charge in [-0.05, 0) is 37.0 Å². The van der Waals surface area contributed by atoms with Crippen molar-refractivity contribution in [3.05, 3.63) is 30.6 Å². The number of aromatic nitrogens is 2. The van der Waals surface area contributed by atoms with Crippen LogP contribution in [0.2, 0.25) is 0 Å². The number of hydrogen-bond acceptors (Lipinski definition) is 3. The number of nitrogen functional groups attached to an aromatic ring is 1. The predicted molar refractivity (Wildman–Crippen MR) is 71.5 cm³/mol. The summed E-state index contributed by atoms with van der Waals surface area (Å²) in [5, 5.41) is 4.18. The fraction of sp³-hybridized carbons (Fsp3) is 0.357. The molecule has 1 aromatic carbocycles. The number of anilines is 1. The quantitative estimate of drug-likeness (QED) is 0.879. The Morgan fingerprint density at radius 2 is 2.10 bits per heavy atom. The van der Waals surface area contributed by atoms with E-state index in [1.54, 1.807) is 10.9 Å². The van der Waals surface area contributed by atoms with Crippen LogP contribution in [0.3, 0.4) is 0 Å². The highest BCUT2D eigenvalue weighted by Gasteiger charge is 2.32. The van der Waals surface area contributed by atoms with Crippen molar-refractivity contribution in [3.8, 4) is 16.9 Å². The Labute approximate surface area is 119 Å². The Bertz CT molecular complexity index is 647. The van der Waals surface area contributed by atoms with Gasteiger partial charge in [-0.1, -0.05) is 0 Å². The molecule has 1 aliphatic rings. The summed E-state index contributed by atoms with van der Waals surface area (Å²) in [4.78, 5) is 0. The minimum atomic E-state index is -4.74. The molecule has 1 heterocycles. The molecule has 0 atom stereocenters. The SMILES string of the molecule is Nc1ccc(OC(F)(F)F)c(-c2cnn(CC3CC3)c2)c1. The topological polar surface area (TPSA) is 53.1 Å². The number of halogens is 3. The van der Waals surface area contributed by atoms with Crippen LogP contribution >= 0.6 is 0 Å². The molecule has 7 heteroatoms. The van der Waals surface area contributed by atoms with Crippen LogP contribution in [0.4, 0.5) is 18.9 Å². The van der Waals surface area contributed by atoms with Crippen molar-refractivity contribution in [1.82, 2.24) is 9.78 Å². The molecule has 1 aromatic heterocycles. The van der Waals surface area contributed by atoms with Gasteiger partial charge >= 0.3 is 6.36 Å². The zero-order valence-corrected chi connectivity index (χ0v) is 11.1. The Morgan fingerprint density at radius 1 is 1.33 bits per heavy atom. The van der Waals surface area contributed by atoms with E-state index in [0.29, 0.717) is 17.2 Å². The van der Waals surface area contributed by atoms with Crippen LogP contribution in [0, 0.1) is 5.92 Å². The zero-order valence-electron chi connectivity index (χ0n) is 11.1. The lowest BCUT2D eigenvalue weighted by Gasteiger charge is -2.13. The van der Waals surface area contributed by atoms with Crippen LogP contribution in [0.15, 0.2) is 30.6 Å². The van der Waals surface area contributed by atoms with Gasteiger partial charge in [-0.2, -0.15) is 5.10 Å². The molecule has 0 bridgehead atoms. The lowest BCUT2D eigenvalue weighted by Crippen LogP contribution is -2.17. The van der Waals surface area contributed by atoms with Crippen molar-refractivity contribution in [2.45, 2.75) is 25.7 Å². The van der Waals surface area contributed by atoms with Crippen LogP contribution in [-0.4, -0.2) is 16.1 Å². The first-order chi connectivity index (χ1) is 9.90. The molecule has 0 saturated heterocycles. The maximum Gasteiger partial charge on any atom is 0.573 e. The van der Waals surface area contributed by atoms with E-state index >= 15 is 0 Å². The number of nitrogens with two attached hydrogens (primary N) is 1. The van der Waals surface area contributed by atoms with Gasteiger partial charge in [0.25, 0.3) is 0 Å². The summed E-state index contributed by atoms with van der Waals surface area (Å²) >= 11 is 0. The van der Waals surface area contributed by atoms with Crippen molar-refractivity contribution < 1.29 is 17.9 Å². The predicted octanol–water partition coefficient (Wildman–Crippen LogP) is 3.44. The van der Waals surface area contributed by atoms with Gasteiger partial charge in [-0.15, -0.1) is 13.2 Å². The second-order valence-electron chi connectivity index (χ2n) is 5.20. The number of ether oxygens (including phenoxy) is 1. The van der Waals surface area contributed by atoms with Crippen molar-refractivity contribution in [3.63, 3.8) is 0 Å². The van der Waals surface area contributed by atoms with Crippen LogP contribution in [0.25, 0.3) is 11.1 Å². The van der Waals surface area contributed by atoms with Crippen LogP contribution in [0.5, 0.6) is 5.75 Å². The van der Waals surface area contributed by atoms with Gasteiger partial charge in [0.2, 0.25) is 0 Å². The van der Waals surface area contributed by atoms with E-state index in [2.05, 4.69) is 9.84 Å². The summed E-state index contributed by atoms with van der Waals surface area (Å²) in [6.07, 6.45) is 0.859. The maximum absolute atomic E-state index is 12.4. The molecule has 2 aromatic rings. The van der Waals surface area contributed by atoms with Gasteiger partial charge in [0, 0.05) is 29.6 Å². The van der Waals surface area contributed by atoms with Gasteiger partial charge < -0.3 is 10.5 Å². The highest BCUT2D eigenvalue weighted by molar-refractivity contribution is 5.73. The highest BCUT2D eigenvalue weighted by atomic mass is 19.4. The zero-order chi connectivity index (χ0) is 15.0. The van der Waals surface area contributed by atoms with E-state index < -0.39 is 6.36 Å². The Kier molecular flexibility index (Phi) is 3.27. The molecule has 4 nitrogen and oxygen atoms in total. The Balaban J connectivity index is 1.91. The van der Waals surface area contributed by atoms with Gasteiger partial charge in [-0.3, -0.25) is 4.68 Å². The van der Waals surface area contributed by atoms with E-state index in [1.807, 2.05) is 0 Å². The lowest BCUT2D eigenvalue weighted by atomic mass is 10.1. The Morgan fingerprint density at radius 3 is 2.76 bits per heavy atom. The summed E-state index contributed by atoms with van der Waals surface area (Å²) in [5.41, 5.74) is 6.88. The average Bonchev–Trinajstić information content (AvgIpc) is 3.06. The number of rotatable bonds is 4. The number of nitrogens with zero attached hydrogens (tertiary/aromatic N) is 2. The molecule has 0 spiro atoms. The molecular formula is C14H14F3N3O. The lowest BCUT2D eigenvalue weighted by molar-refractivity contribution is -0.274. The van der Waals surface area contributed by atoms with E-state index in [9.17, 15) is 13.2 Å². The van der Waals surface area contributed by atoms with Crippen molar-refractivity contribution >= 4 is 5.69 Å². The standard InChI is InChI=1S/C14H14F3N3O/c15-14(16,17)21-13-4-3-11(18)5-12(13)10-6-19-20(8-10)7-9-1-2-9/h3-6,8-9H,1-2,7,18H2. The normalized spacial score (nSPS) is 15.2. The van der Waals surface area contributed by atoms with Crippen molar-refractivity contribution in [2.75, 3.05) is 5.73 Å². The van der Waals surface area contributed by atoms with Crippen LogP contribution in [0.1, 0.15) is 12.8 Å². The first-order valence-electron chi connectivity index (χ1n) is 6.59. The minimum Gasteiger partial charge on any atom is -0.405 e. The third kappa shape index (κ3) is 3.48. The maximum atomic E-state index is 12.4. The fourth-order valence-corrected chi connectivity index (χ4v) is 2.15. The van der Waals surface area contributed by atoms with E-state index in [4.69, 9.17) is 5.73 Å². The third-order valence-corrected chi connectivity index (χ3v) is 3.32. The molecule has 21 heavy (non-hydrogen) atoms. The molecule has 1 saturated carbocycles. The summed E-state index contributed by atoms with van der Waals surface area (Å²) in [6.45, 7) is 0.789. The van der Waals surface area contributed by atoms with Gasteiger partial charge in [-0.25, -0.2) is 0 Å². The highest BCUT2D eigenvalue weighted by Crippen LogP contribution is 2.36. The van der Waals surface area contributed by atoms with Crippen molar-refractivity contribution in [1.29, 1.82) is 0 Å². The summed E-state index contributed by atoms with van der Waals surface area (Å²) in [7, 11) is 0. The number of alkyl halides is 3. The van der Waals surface area contributed by atoms with E-state index in [1.165, 1.54) is 37.2 Å². The van der Waals surface area contributed by atoms with Gasteiger partial charge in [0.05, 0.1) is 6.20 Å². The molecule has 0 unspecified atom stereocenters. The molecule has 0 amide bonds. The molecule has 0 aliphatic heterocycles. The van der Waals surface area contributed by atoms with E-state index in [0.717, 1.165) is 6.54 Å². The monoisotopic (exact) mass is 297 g/mol. The summed E-state index contributed by atoms with van der Waals surface area (Å²) in [5.74, 6) is 0.354. The molecular weight excluding hydrogens is 283 g/mol. The second-order valence-corrected chi connectivity index (χ2v) is 5.20. The van der Waals surface area contributed by atoms with Gasteiger partial charge in [0.15, 0.2) is 0 Å². The third-order valence-electron chi connectivity index (χ3n) is 3.32. The number of benzene rings is 1. The van der Waals surface area contributed by atoms with Gasteiger partial charge in [0.1, 0.15) is 5.75 Å². The van der Waals surface area contributed by atoms with Crippen LogP contribution in [-0.2, 0) is 6.54 Å². The molecule has 2 N–H and O–H groups in total. The first-order valence-corrected chi connectivity index (χ1v) is 6.59. The largest absolute Gasteiger partial charge is 0.573 e. The molecule has 3 rings (SSSR count). The summed E-state index contributed by atoms with van der Waals surface area (Å²) in [6, 6.07) is 4.05. The summed E-state index contributed by atoms with van der Waals surface area (Å²) < 4.78 is 43.1. The minimum absolute atomic E-state index is 0.275. The molecule has 112 valence electrons. The van der Waals surface area contributed by atoms with Crippen LogP contribution < -0.4 is 10.5 Å². The smallest absolute Gasteiger partial charge is 0.405 e. The number of hydrogen-bond donors (Lipinski definition) is 1. The fourth-order valence-electron chi connectivity index (χ4n) is 2.15. The molecule has 1 aliphatic carbocycles. The second kappa shape index (κ2) is 4.98. The average molecular weight is 297 g/mol.